The summed E-state index contributed by atoms with van der Waals surface area (Å²) in [5.74, 6) is 0.733. The Hall–Kier alpha value is -2.83. The van der Waals surface area contributed by atoms with Crippen molar-refractivity contribution in [1.82, 2.24) is 15.4 Å². The second-order valence-corrected chi connectivity index (χ2v) is 6.77. The fourth-order valence-corrected chi connectivity index (χ4v) is 4.03. The van der Waals surface area contributed by atoms with Crippen molar-refractivity contribution in [3.63, 3.8) is 0 Å². The highest BCUT2D eigenvalue weighted by Crippen LogP contribution is 2.38. The lowest BCUT2D eigenvalue weighted by molar-refractivity contribution is 0.0951. The van der Waals surface area contributed by atoms with E-state index in [1.54, 1.807) is 0 Å². The molecule has 0 bridgehead atoms. The van der Waals surface area contributed by atoms with Gasteiger partial charge in [-0.15, -0.1) is 0 Å². The minimum atomic E-state index is -0.909. The van der Waals surface area contributed by atoms with Crippen LogP contribution >= 0.6 is 0 Å². The van der Waals surface area contributed by atoms with Crippen molar-refractivity contribution in [1.29, 1.82) is 0 Å². The van der Waals surface area contributed by atoms with E-state index >= 15 is 0 Å². The second kappa shape index (κ2) is 5.61. The molecule has 2 aliphatic heterocycles. The van der Waals surface area contributed by atoms with Gasteiger partial charge in [0.25, 0.3) is 5.91 Å². The zero-order valence-corrected chi connectivity index (χ0v) is 14.1. The monoisotopic (exact) mass is 341 g/mol. The molecule has 2 atom stereocenters. The van der Waals surface area contributed by atoms with Gasteiger partial charge in [0.15, 0.2) is 0 Å². The molecule has 25 heavy (non-hydrogen) atoms. The summed E-state index contributed by atoms with van der Waals surface area (Å²) in [5.41, 5.74) is 4.09. The number of nitrogens with zero attached hydrogens (tertiary/aromatic N) is 2. The van der Waals surface area contributed by atoms with Crippen molar-refractivity contribution in [2.24, 2.45) is 5.92 Å². The number of likely N-dealkylation sites (tertiary alicyclic amines) is 1. The van der Waals surface area contributed by atoms with Crippen LogP contribution in [0.2, 0.25) is 0 Å². The Morgan fingerprint density at radius 1 is 1.36 bits per heavy atom. The molecule has 0 aliphatic carbocycles. The lowest BCUT2D eigenvalue weighted by atomic mass is 9.86. The van der Waals surface area contributed by atoms with E-state index in [9.17, 15) is 14.7 Å². The number of aryl methyl sites for hydroxylation is 2. The van der Waals surface area contributed by atoms with E-state index in [2.05, 4.69) is 10.5 Å². The maximum Gasteiger partial charge on any atom is 0.407 e. The molecule has 3 heterocycles. The fraction of sp³-hybridized carbons (Fsp3) is 0.389. The van der Waals surface area contributed by atoms with Crippen molar-refractivity contribution < 1.29 is 19.2 Å². The highest BCUT2D eigenvalue weighted by atomic mass is 16.5. The first-order valence-electron chi connectivity index (χ1n) is 8.29. The molecule has 0 unspecified atom stereocenters. The molecule has 130 valence electrons. The standard InChI is InChI=1S/C18H19N3O4/c1-9-16(10(2)25-20-9)11-3-4-13-14(5-11)17(22)19-6-12-7-21(18(23)24)8-15(12)13/h3-5,12,15H,6-8H2,1-2H3,(H,19,22)(H,23,24)/t12-,15-/m1/s1. The minimum absolute atomic E-state index is 0.0313. The van der Waals surface area contributed by atoms with Crippen molar-refractivity contribution >= 4 is 12.0 Å². The molecule has 2 amide bonds. The van der Waals surface area contributed by atoms with Gasteiger partial charge in [-0.25, -0.2) is 4.79 Å². The van der Waals surface area contributed by atoms with Crippen LogP contribution in [0.5, 0.6) is 0 Å². The van der Waals surface area contributed by atoms with Crippen LogP contribution < -0.4 is 5.32 Å². The van der Waals surface area contributed by atoms with E-state index in [0.717, 1.165) is 22.4 Å². The normalized spacial score (nSPS) is 22.2. The quantitative estimate of drug-likeness (QED) is 0.830. The number of hydrogen-bond acceptors (Lipinski definition) is 4. The maximum atomic E-state index is 12.6. The molecule has 0 spiro atoms. The van der Waals surface area contributed by atoms with Gasteiger partial charge in [-0.3, -0.25) is 4.79 Å². The van der Waals surface area contributed by atoms with Crippen LogP contribution in [-0.4, -0.2) is 46.8 Å². The number of fused-ring (bicyclic) bond motifs is 3. The second-order valence-electron chi connectivity index (χ2n) is 6.77. The first-order chi connectivity index (χ1) is 12.0. The summed E-state index contributed by atoms with van der Waals surface area (Å²) in [6.45, 7) is 5.08. The van der Waals surface area contributed by atoms with E-state index in [1.165, 1.54) is 4.90 Å². The molecular weight excluding hydrogens is 322 g/mol. The highest BCUT2D eigenvalue weighted by Gasteiger charge is 2.40. The van der Waals surface area contributed by atoms with E-state index in [0.29, 0.717) is 31.0 Å². The third-order valence-electron chi connectivity index (χ3n) is 5.26. The highest BCUT2D eigenvalue weighted by molar-refractivity contribution is 5.98. The topological polar surface area (TPSA) is 95.7 Å². The molecule has 1 fully saturated rings. The number of nitrogens with one attached hydrogen (secondary N) is 1. The van der Waals surface area contributed by atoms with Gasteiger partial charge in [0.2, 0.25) is 0 Å². The summed E-state index contributed by atoms with van der Waals surface area (Å²) in [6, 6.07) is 5.78. The number of carbonyl (C=O) groups is 2. The number of benzene rings is 1. The molecule has 7 nitrogen and oxygen atoms in total. The Balaban J connectivity index is 1.79. The van der Waals surface area contributed by atoms with Gasteiger partial charge < -0.3 is 19.8 Å². The van der Waals surface area contributed by atoms with Crippen LogP contribution in [0.15, 0.2) is 22.7 Å². The number of carbonyl (C=O) groups excluding carboxylic acids is 1. The summed E-state index contributed by atoms with van der Waals surface area (Å²) < 4.78 is 5.23. The Bertz CT molecular complexity index is 854. The summed E-state index contributed by atoms with van der Waals surface area (Å²) in [7, 11) is 0. The number of hydrogen-bond donors (Lipinski definition) is 2. The summed E-state index contributed by atoms with van der Waals surface area (Å²) in [6.07, 6.45) is -0.909. The third-order valence-corrected chi connectivity index (χ3v) is 5.26. The first kappa shape index (κ1) is 15.7. The van der Waals surface area contributed by atoms with E-state index in [-0.39, 0.29) is 17.7 Å². The van der Waals surface area contributed by atoms with Crippen molar-refractivity contribution in [2.75, 3.05) is 19.6 Å². The van der Waals surface area contributed by atoms with Crippen molar-refractivity contribution in [2.45, 2.75) is 19.8 Å². The summed E-state index contributed by atoms with van der Waals surface area (Å²) in [5, 5.41) is 16.2. The average molecular weight is 341 g/mol. The molecule has 1 saturated heterocycles. The molecular formula is C18H19N3O4. The molecule has 4 rings (SSSR count). The minimum Gasteiger partial charge on any atom is -0.465 e. The van der Waals surface area contributed by atoms with Gasteiger partial charge in [-0.1, -0.05) is 17.3 Å². The van der Waals surface area contributed by atoms with Crippen LogP contribution in [-0.2, 0) is 0 Å². The average Bonchev–Trinajstić information content (AvgIpc) is 3.12. The van der Waals surface area contributed by atoms with Gasteiger partial charge in [0, 0.05) is 42.6 Å². The lowest BCUT2D eigenvalue weighted by Gasteiger charge is -2.16. The number of amides is 2. The molecule has 2 aliphatic rings. The van der Waals surface area contributed by atoms with Gasteiger partial charge in [0.1, 0.15) is 5.76 Å². The van der Waals surface area contributed by atoms with E-state index < -0.39 is 6.09 Å². The summed E-state index contributed by atoms with van der Waals surface area (Å²) in [4.78, 5) is 25.3. The third kappa shape index (κ3) is 2.47. The molecule has 0 radical (unpaired) electrons. The van der Waals surface area contributed by atoms with Crippen LogP contribution in [0.25, 0.3) is 11.1 Å². The largest absolute Gasteiger partial charge is 0.465 e. The predicted molar refractivity (Wildman–Crippen MR) is 89.6 cm³/mol. The van der Waals surface area contributed by atoms with Crippen molar-refractivity contribution in [3.05, 3.63) is 40.8 Å². The molecule has 1 aromatic carbocycles. The van der Waals surface area contributed by atoms with Crippen LogP contribution in [0.1, 0.15) is 33.3 Å². The zero-order valence-electron chi connectivity index (χ0n) is 14.1. The van der Waals surface area contributed by atoms with E-state index in [4.69, 9.17) is 4.52 Å². The number of carboxylic acid groups (broad SMARTS) is 1. The Labute approximate surface area is 144 Å². The fourth-order valence-electron chi connectivity index (χ4n) is 4.03. The first-order valence-corrected chi connectivity index (χ1v) is 8.29. The smallest absolute Gasteiger partial charge is 0.407 e. The van der Waals surface area contributed by atoms with Crippen LogP contribution in [0, 0.1) is 19.8 Å². The van der Waals surface area contributed by atoms with Crippen LogP contribution in [0.4, 0.5) is 4.79 Å². The van der Waals surface area contributed by atoms with Crippen molar-refractivity contribution in [3.8, 4) is 11.1 Å². The lowest BCUT2D eigenvalue weighted by Crippen LogP contribution is -2.31. The predicted octanol–water partition coefficient (Wildman–Crippen LogP) is 2.40. The van der Waals surface area contributed by atoms with Gasteiger partial charge in [-0.2, -0.15) is 0 Å². The maximum absolute atomic E-state index is 12.6. The molecule has 0 saturated carbocycles. The Morgan fingerprint density at radius 3 is 2.84 bits per heavy atom. The number of aromatic nitrogens is 1. The zero-order chi connectivity index (χ0) is 17.7. The molecule has 1 aromatic heterocycles. The van der Waals surface area contributed by atoms with Gasteiger partial charge in [-0.05, 0) is 31.0 Å². The van der Waals surface area contributed by atoms with E-state index in [1.807, 2.05) is 32.0 Å². The number of rotatable bonds is 1. The van der Waals surface area contributed by atoms with Crippen LogP contribution in [0.3, 0.4) is 0 Å². The van der Waals surface area contributed by atoms with Gasteiger partial charge >= 0.3 is 6.09 Å². The Kier molecular flexibility index (Phi) is 3.52. The van der Waals surface area contributed by atoms with Gasteiger partial charge in [0.05, 0.1) is 5.69 Å². The SMILES string of the molecule is Cc1noc(C)c1-c1ccc2c(c1)C(=O)NC[C@@H]1CN(C(=O)O)C[C@@H]21. The molecule has 2 N–H and O–H groups in total. The summed E-state index contributed by atoms with van der Waals surface area (Å²) >= 11 is 0. The molecule has 2 aromatic rings. The molecule has 7 heteroatoms. The Morgan fingerprint density at radius 2 is 2.16 bits per heavy atom.